The molecule has 148 valence electrons. The highest BCUT2D eigenvalue weighted by Gasteiger charge is 2.36. The molecule has 0 bridgehead atoms. The number of rotatable bonds is 3. The van der Waals surface area contributed by atoms with E-state index in [0.29, 0.717) is 5.70 Å². The molecule has 0 amide bonds. The van der Waals surface area contributed by atoms with Gasteiger partial charge < -0.3 is 0 Å². The van der Waals surface area contributed by atoms with Gasteiger partial charge in [0.25, 0.3) is 0 Å². The molecule has 0 unspecified atom stereocenters. The highest BCUT2D eigenvalue weighted by atomic mass is 32.2. The maximum absolute atomic E-state index is 12.4. The number of allylic oxidation sites excluding steroid dienone is 2. The van der Waals surface area contributed by atoms with Gasteiger partial charge in [-0.2, -0.15) is 8.42 Å². The van der Waals surface area contributed by atoms with Crippen LogP contribution in [0, 0.1) is 0 Å². The second-order valence-corrected chi connectivity index (χ2v) is 8.35. The van der Waals surface area contributed by atoms with Crippen molar-refractivity contribution in [2.45, 2.75) is 0 Å². The van der Waals surface area contributed by atoms with E-state index in [2.05, 4.69) is 0 Å². The van der Waals surface area contributed by atoms with Crippen LogP contribution in [0.5, 0.6) is 0 Å². The van der Waals surface area contributed by atoms with Crippen LogP contribution < -0.4 is 5.01 Å². The fraction of sp³-hybridized carbons (Fsp3) is 0. The van der Waals surface area contributed by atoms with Gasteiger partial charge >= 0.3 is 10.1 Å². The largest absolute Gasteiger partial charge is 0.312 e. The van der Waals surface area contributed by atoms with Crippen molar-refractivity contribution in [3.63, 3.8) is 0 Å². The number of fused-ring (bicyclic) bond motifs is 3. The highest BCUT2D eigenvalue weighted by Crippen LogP contribution is 2.43. The molecule has 3 aromatic carbocycles. The van der Waals surface area contributed by atoms with E-state index >= 15 is 0 Å². The zero-order valence-corrected chi connectivity index (χ0v) is 16.7. The van der Waals surface area contributed by atoms with Gasteiger partial charge in [-0.1, -0.05) is 72.8 Å². The molecule has 3 aromatic rings. The van der Waals surface area contributed by atoms with E-state index in [0.717, 1.165) is 27.9 Å². The molecule has 5 rings (SSSR count). The summed E-state index contributed by atoms with van der Waals surface area (Å²) in [6.07, 6.45) is 7.03. The van der Waals surface area contributed by atoms with E-state index < -0.39 is 10.1 Å². The molecule has 2 aliphatic rings. The third-order valence-electron chi connectivity index (χ3n) is 5.15. The number of hydrogen-bond donors (Lipinski definition) is 1. The van der Waals surface area contributed by atoms with Crippen molar-refractivity contribution in [3.05, 3.63) is 113 Å². The lowest BCUT2D eigenvalue weighted by molar-refractivity contribution is 0.451. The molecule has 0 atom stereocenters. The van der Waals surface area contributed by atoms with Crippen molar-refractivity contribution in [3.8, 4) is 11.1 Å². The van der Waals surface area contributed by atoms with E-state index in [-0.39, 0.29) is 5.03 Å². The van der Waals surface area contributed by atoms with E-state index in [4.69, 9.17) is 0 Å². The first-order valence-electron chi connectivity index (χ1n) is 9.45. The fourth-order valence-electron chi connectivity index (χ4n) is 3.85. The van der Waals surface area contributed by atoms with Crippen LogP contribution in [0.3, 0.4) is 0 Å². The lowest BCUT2D eigenvalue weighted by Gasteiger charge is -2.42. The lowest BCUT2D eigenvalue weighted by Crippen LogP contribution is -2.43. The molecule has 0 saturated heterocycles. The van der Waals surface area contributed by atoms with Gasteiger partial charge in [-0.15, -0.1) is 0 Å². The van der Waals surface area contributed by atoms with Gasteiger partial charge in [0.2, 0.25) is 0 Å². The number of hydrogen-bond acceptors (Lipinski definition) is 4. The SMILES string of the molecule is O=S(=O)(O)C1=Cc2c(-c3ccccc3)cccc2N2C=CC=C(c3ccccc3)N12. The molecule has 2 aliphatic heterocycles. The zero-order chi connectivity index (χ0) is 20.7. The Balaban J connectivity index is 1.76. The molecule has 5 nitrogen and oxygen atoms in total. The Morgan fingerprint density at radius 1 is 0.767 bits per heavy atom. The van der Waals surface area contributed by atoms with Gasteiger partial charge in [-0.05, 0) is 35.4 Å². The summed E-state index contributed by atoms with van der Waals surface area (Å²) in [5, 5.41) is 3.09. The summed E-state index contributed by atoms with van der Waals surface area (Å²) >= 11 is 0. The Labute approximate surface area is 175 Å². The van der Waals surface area contributed by atoms with Crippen molar-refractivity contribution < 1.29 is 13.0 Å². The molecule has 0 aromatic heterocycles. The molecule has 0 radical (unpaired) electrons. The molecule has 30 heavy (non-hydrogen) atoms. The van der Waals surface area contributed by atoms with Gasteiger partial charge in [0, 0.05) is 17.3 Å². The molecule has 2 heterocycles. The standard InChI is InChI=1S/C24H18N2O3S/c27-30(28,29)24-17-21-20(18-9-3-1-4-10-18)13-7-14-23(21)25-16-8-15-22(26(24)25)19-11-5-2-6-12-19/h1-17H,(H,27,28,29). The lowest BCUT2D eigenvalue weighted by atomic mass is 9.96. The van der Waals surface area contributed by atoms with Crippen LogP contribution in [-0.2, 0) is 10.1 Å². The summed E-state index contributed by atoms with van der Waals surface area (Å²) in [6.45, 7) is 0. The van der Waals surface area contributed by atoms with Crippen LogP contribution in [0.2, 0.25) is 0 Å². The van der Waals surface area contributed by atoms with Crippen molar-refractivity contribution >= 4 is 27.6 Å². The Bertz CT molecular complexity index is 1310. The molecule has 0 aliphatic carbocycles. The minimum atomic E-state index is -4.51. The van der Waals surface area contributed by atoms with E-state index in [9.17, 15) is 13.0 Å². The summed E-state index contributed by atoms with van der Waals surface area (Å²) in [5.41, 5.74) is 4.89. The summed E-state index contributed by atoms with van der Waals surface area (Å²) in [6, 6.07) is 25.1. The average molecular weight is 414 g/mol. The van der Waals surface area contributed by atoms with Crippen molar-refractivity contribution in [2.75, 3.05) is 5.01 Å². The summed E-state index contributed by atoms with van der Waals surface area (Å²) in [5.74, 6) is 0. The summed E-state index contributed by atoms with van der Waals surface area (Å²) in [4.78, 5) is 0. The third kappa shape index (κ3) is 3.03. The van der Waals surface area contributed by atoms with Gasteiger partial charge in [0.15, 0.2) is 5.03 Å². The van der Waals surface area contributed by atoms with Gasteiger partial charge in [0.05, 0.1) is 11.4 Å². The van der Waals surface area contributed by atoms with Crippen LogP contribution in [0.4, 0.5) is 5.69 Å². The zero-order valence-electron chi connectivity index (χ0n) is 15.9. The molecule has 0 spiro atoms. The smallest absolute Gasteiger partial charge is 0.281 e. The van der Waals surface area contributed by atoms with Gasteiger partial charge in [-0.3, -0.25) is 9.56 Å². The first-order chi connectivity index (χ1) is 14.5. The maximum Gasteiger partial charge on any atom is 0.312 e. The van der Waals surface area contributed by atoms with Crippen molar-refractivity contribution in [2.24, 2.45) is 0 Å². The van der Waals surface area contributed by atoms with Crippen molar-refractivity contribution in [1.29, 1.82) is 0 Å². The Morgan fingerprint density at radius 2 is 1.43 bits per heavy atom. The fourth-order valence-corrected chi connectivity index (χ4v) is 4.52. The van der Waals surface area contributed by atoms with E-state index in [1.807, 2.05) is 91.0 Å². The van der Waals surface area contributed by atoms with E-state index in [1.54, 1.807) is 17.3 Å². The topological polar surface area (TPSA) is 60.9 Å². The quantitative estimate of drug-likeness (QED) is 0.601. The predicted octanol–water partition coefficient (Wildman–Crippen LogP) is 5.15. The van der Waals surface area contributed by atoms with E-state index in [1.165, 1.54) is 5.01 Å². The molecule has 0 fully saturated rings. The van der Waals surface area contributed by atoms with Crippen LogP contribution in [-0.4, -0.2) is 18.0 Å². The number of anilines is 1. The molecule has 1 N–H and O–H groups in total. The number of benzene rings is 3. The van der Waals surface area contributed by atoms with Crippen LogP contribution in [0.15, 0.2) is 102 Å². The number of nitrogens with zero attached hydrogens (tertiary/aromatic N) is 2. The van der Waals surface area contributed by atoms with Crippen LogP contribution in [0.1, 0.15) is 11.1 Å². The highest BCUT2D eigenvalue weighted by molar-refractivity contribution is 7.89. The predicted molar refractivity (Wildman–Crippen MR) is 119 cm³/mol. The Kier molecular flexibility index (Phi) is 4.31. The minimum absolute atomic E-state index is 0.196. The van der Waals surface area contributed by atoms with Crippen molar-refractivity contribution in [1.82, 2.24) is 5.01 Å². The second-order valence-electron chi connectivity index (χ2n) is 6.98. The molecular weight excluding hydrogens is 396 g/mol. The Morgan fingerprint density at radius 3 is 2.10 bits per heavy atom. The normalized spacial score (nSPS) is 15.2. The summed E-state index contributed by atoms with van der Waals surface area (Å²) in [7, 11) is -4.51. The van der Waals surface area contributed by atoms with Gasteiger partial charge in [-0.25, -0.2) is 5.01 Å². The first kappa shape index (κ1) is 18.4. The van der Waals surface area contributed by atoms with Crippen LogP contribution >= 0.6 is 0 Å². The number of hydrazine groups is 1. The van der Waals surface area contributed by atoms with Gasteiger partial charge in [0.1, 0.15) is 0 Å². The maximum atomic E-state index is 12.4. The monoisotopic (exact) mass is 414 g/mol. The molecule has 6 heteroatoms. The Hall–Kier alpha value is -3.61. The van der Waals surface area contributed by atoms with Crippen LogP contribution in [0.25, 0.3) is 22.9 Å². The third-order valence-corrected chi connectivity index (χ3v) is 5.97. The molecular formula is C24H18N2O3S. The second kappa shape index (κ2) is 7.02. The molecule has 0 saturated carbocycles. The summed E-state index contributed by atoms with van der Waals surface area (Å²) < 4.78 is 35.0. The first-order valence-corrected chi connectivity index (χ1v) is 10.9. The average Bonchev–Trinajstić information content (AvgIpc) is 2.78. The minimum Gasteiger partial charge on any atom is -0.281 e.